The number of benzene rings is 1. The molecule has 28 heavy (non-hydrogen) atoms. The topological polar surface area (TPSA) is 87.2 Å². The lowest BCUT2D eigenvalue weighted by Crippen LogP contribution is -2.54. The first kappa shape index (κ1) is 22.0. The summed E-state index contributed by atoms with van der Waals surface area (Å²) in [5.41, 5.74) is 0.203. The molecule has 0 saturated heterocycles. The molecule has 0 aromatic heterocycles. The van der Waals surface area contributed by atoms with Crippen molar-refractivity contribution in [2.75, 3.05) is 31.0 Å². The van der Waals surface area contributed by atoms with Crippen molar-refractivity contribution in [3.05, 3.63) is 48.6 Å². The summed E-state index contributed by atoms with van der Waals surface area (Å²) in [6, 6.07) is 6.54. The van der Waals surface area contributed by atoms with Crippen molar-refractivity contribution < 1.29 is 23.1 Å². The summed E-state index contributed by atoms with van der Waals surface area (Å²) in [6.45, 7) is 5.75. The molecule has 154 valence electrons. The SMILES string of the molecule is CCN(CC)C(=O)CN(c1ccccc1OC)S(=O)(=O)C1(O)C=CC=CC1C. The fourth-order valence-corrected chi connectivity index (χ4v) is 4.99. The van der Waals surface area contributed by atoms with Gasteiger partial charge in [-0.3, -0.25) is 9.10 Å². The first-order valence-electron chi connectivity index (χ1n) is 9.24. The van der Waals surface area contributed by atoms with Crippen LogP contribution in [0.2, 0.25) is 0 Å². The second-order valence-electron chi connectivity index (χ2n) is 6.53. The van der Waals surface area contributed by atoms with Gasteiger partial charge in [-0.15, -0.1) is 0 Å². The van der Waals surface area contributed by atoms with E-state index < -0.39 is 27.4 Å². The minimum absolute atomic E-state index is 0.203. The van der Waals surface area contributed by atoms with Crippen molar-refractivity contribution in [3.8, 4) is 5.75 Å². The van der Waals surface area contributed by atoms with Crippen LogP contribution in [-0.4, -0.2) is 56.0 Å². The standard InChI is InChI=1S/C20H28N2O5S/c1-5-21(6-2)19(23)15-22(17-12-7-8-13-18(17)27-4)28(25,26)20(24)14-10-9-11-16(20)3/h7-14,16,24H,5-6,15H2,1-4H3. The number of hydrogen-bond donors (Lipinski definition) is 1. The van der Waals surface area contributed by atoms with Gasteiger partial charge in [0.15, 0.2) is 0 Å². The Balaban J connectivity index is 2.59. The predicted octanol–water partition coefficient (Wildman–Crippen LogP) is 2.15. The molecular weight excluding hydrogens is 380 g/mol. The number of carbonyl (C=O) groups is 1. The Morgan fingerprint density at radius 2 is 1.86 bits per heavy atom. The van der Waals surface area contributed by atoms with Gasteiger partial charge in [-0.2, -0.15) is 0 Å². The predicted molar refractivity (Wildman–Crippen MR) is 110 cm³/mol. The summed E-state index contributed by atoms with van der Waals surface area (Å²) in [4.78, 5) is 12.1. The van der Waals surface area contributed by atoms with Crippen molar-refractivity contribution in [2.45, 2.75) is 25.7 Å². The molecule has 1 aliphatic rings. The van der Waals surface area contributed by atoms with Crippen LogP contribution in [0.5, 0.6) is 5.75 Å². The number of rotatable bonds is 8. The highest BCUT2D eigenvalue weighted by molar-refractivity contribution is 7.94. The summed E-state index contributed by atoms with van der Waals surface area (Å²) in [7, 11) is -2.95. The van der Waals surface area contributed by atoms with Crippen LogP contribution in [0.4, 0.5) is 5.69 Å². The van der Waals surface area contributed by atoms with Crippen molar-refractivity contribution >= 4 is 21.6 Å². The van der Waals surface area contributed by atoms with Gasteiger partial charge in [-0.1, -0.05) is 37.3 Å². The summed E-state index contributed by atoms with van der Waals surface area (Å²) < 4.78 is 33.4. The molecular formula is C20H28N2O5S. The van der Waals surface area contributed by atoms with Gasteiger partial charge in [0.05, 0.1) is 12.8 Å². The van der Waals surface area contributed by atoms with Gasteiger partial charge in [0.2, 0.25) is 10.8 Å². The largest absolute Gasteiger partial charge is 0.495 e. The first-order chi connectivity index (χ1) is 13.2. The molecule has 1 aromatic rings. The number of hydrogen-bond acceptors (Lipinski definition) is 5. The summed E-state index contributed by atoms with van der Waals surface area (Å²) in [6.07, 6.45) is 6.04. The maximum Gasteiger partial charge on any atom is 0.270 e. The first-order valence-corrected chi connectivity index (χ1v) is 10.7. The molecule has 0 radical (unpaired) electrons. The number of methoxy groups -OCH3 is 1. The average Bonchev–Trinajstić information content (AvgIpc) is 2.69. The highest BCUT2D eigenvalue weighted by Gasteiger charge is 2.49. The maximum absolute atomic E-state index is 13.6. The van der Waals surface area contributed by atoms with E-state index in [4.69, 9.17) is 4.74 Å². The Morgan fingerprint density at radius 1 is 1.21 bits per heavy atom. The fraction of sp³-hybridized carbons (Fsp3) is 0.450. The number of amides is 1. The third-order valence-corrected chi connectivity index (χ3v) is 7.19. The van der Waals surface area contributed by atoms with Crippen LogP contribution in [0.1, 0.15) is 20.8 Å². The van der Waals surface area contributed by atoms with Crippen LogP contribution in [0.25, 0.3) is 0 Å². The van der Waals surface area contributed by atoms with E-state index in [9.17, 15) is 18.3 Å². The van der Waals surface area contributed by atoms with Gasteiger partial charge >= 0.3 is 0 Å². The Labute approximate surface area is 167 Å². The van der Waals surface area contributed by atoms with E-state index in [1.54, 1.807) is 48.2 Å². The smallest absolute Gasteiger partial charge is 0.270 e. The average molecular weight is 409 g/mol. The van der Waals surface area contributed by atoms with E-state index in [1.807, 2.05) is 13.8 Å². The number of aliphatic hydroxyl groups is 1. The minimum atomic E-state index is -4.38. The Bertz CT molecular complexity index is 861. The van der Waals surface area contributed by atoms with E-state index in [0.717, 1.165) is 4.31 Å². The molecule has 7 nitrogen and oxygen atoms in total. The zero-order valence-electron chi connectivity index (χ0n) is 16.7. The number of allylic oxidation sites excluding steroid dienone is 2. The van der Waals surface area contributed by atoms with Crippen molar-refractivity contribution in [1.82, 2.24) is 4.90 Å². The number of likely N-dealkylation sites (N-methyl/N-ethyl adjacent to an activating group) is 1. The third kappa shape index (κ3) is 3.93. The lowest BCUT2D eigenvalue weighted by molar-refractivity contribution is -0.129. The van der Waals surface area contributed by atoms with Crippen LogP contribution < -0.4 is 9.04 Å². The summed E-state index contributed by atoms with van der Waals surface area (Å²) in [5.74, 6) is -0.751. The molecule has 1 amide bonds. The number of carbonyl (C=O) groups excluding carboxylic acids is 1. The number of ether oxygens (including phenoxy) is 1. The molecule has 0 fully saturated rings. The molecule has 0 saturated carbocycles. The molecule has 2 atom stereocenters. The number of nitrogens with zero attached hydrogens (tertiary/aromatic N) is 2. The molecule has 1 N–H and O–H groups in total. The van der Waals surface area contributed by atoms with Gasteiger partial charge in [0.1, 0.15) is 12.3 Å². The van der Waals surface area contributed by atoms with Gasteiger partial charge in [-0.05, 0) is 32.1 Å². The Hall–Kier alpha value is -2.32. The Kier molecular flexibility index (Phi) is 6.90. The van der Waals surface area contributed by atoms with Gasteiger partial charge in [-0.25, -0.2) is 8.42 Å². The third-order valence-electron chi connectivity index (χ3n) is 4.95. The second-order valence-corrected chi connectivity index (χ2v) is 8.58. The van der Waals surface area contributed by atoms with Gasteiger partial charge in [0.25, 0.3) is 10.0 Å². The van der Waals surface area contributed by atoms with E-state index in [2.05, 4.69) is 0 Å². The van der Waals surface area contributed by atoms with Crippen LogP contribution in [0.3, 0.4) is 0 Å². The van der Waals surface area contributed by atoms with Gasteiger partial charge < -0.3 is 14.7 Å². The number of anilines is 1. The molecule has 0 aliphatic heterocycles. The molecule has 0 heterocycles. The number of sulfonamides is 1. The van der Waals surface area contributed by atoms with E-state index in [1.165, 1.54) is 19.3 Å². The lowest BCUT2D eigenvalue weighted by atomic mass is 9.99. The zero-order chi connectivity index (χ0) is 20.9. The van der Waals surface area contributed by atoms with E-state index in [0.29, 0.717) is 18.8 Å². The van der Waals surface area contributed by atoms with Crippen molar-refractivity contribution in [3.63, 3.8) is 0 Å². The van der Waals surface area contributed by atoms with Crippen LogP contribution in [0.15, 0.2) is 48.6 Å². The second kappa shape index (κ2) is 8.79. The van der Waals surface area contributed by atoms with Crippen LogP contribution in [-0.2, 0) is 14.8 Å². The van der Waals surface area contributed by atoms with E-state index >= 15 is 0 Å². The highest BCUT2D eigenvalue weighted by Crippen LogP contribution is 2.38. The Morgan fingerprint density at radius 3 is 2.43 bits per heavy atom. The van der Waals surface area contributed by atoms with Crippen molar-refractivity contribution in [2.24, 2.45) is 5.92 Å². The van der Waals surface area contributed by atoms with Crippen LogP contribution in [0, 0.1) is 5.92 Å². The molecule has 8 heteroatoms. The fourth-order valence-electron chi connectivity index (χ4n) is 3.15. The molecule has 1 aromatic carbocycles. The highest BCUT2D eigenvalue weighted by atomic mass is 32.2. The lowest BCUT2D eigenvalue weighted by Gasteiger charge is -2.37. The summed E-state index contributed by atoms with van der Waals surface area (Å²) >= 11 is 0. The molecule has 2 rings (SSSR count). The number of para-hydroxylation sites is 2. The molecule has 0 spiro atoms. The van der Waals surface area contributed by atoms with E-state index in [-0.39, 0.29) is 11.6 Å². The normalized spacial score (nSPS) is 21.4. The monoisotopic (exact) mass is 408 g/mol. The zero-order valence-corrected chi connectivity index (χ0v) is 17.5. The summed E-state index contributed by atoms with van der Waals surface area (Å²) in [5, 5.41) is 11.1. The van der Waals surface area contributed by atoms with Gasteiger partial charge in [0, 0.05) is 19.0 Å². The quantitative estimate of drug-likeness (QED) is 0.712. The molecule has 0 bridgehead atoms. The van der Waals surface area contributed by atoms with Crippen LogP contribution >= 0.6 is 0 Å². The minimum Gasteiger partial charge on any atom is -0.495 e. The molecule has 2 unspecified atom stereocenters. The maximum atomic E-state index is 13.6. The molecule has 1 aliphatic carbocycles. The van der Waals surface area contributed by atoms with Crippen molar-refractivity contribution in [1.29, 1.82) is 0 Å².